The molecule has 1 saturated carbocycles. The lowest BCUT2D eigenvalue weighted by molar-refractivity contribution is -0.385. The van der Waals surface area contributed by atoms with Gasteiger partial charge in [-0.3, -0.25) is 10.1 Å². The Kier molecular flexibility index (Phi) is 4.37. The second-order valence-electron chi connectivity index (χ2n) is 5.09. The van der Waals surface area contributed by atoms with Crippen LogP contribution < -0.4 is 10.5 Å². The van der Waals surface area contributed by atoms with Crippen LogP contribution in [0.5, 0.6) is 5.75 Å². The second kappa shape index (κ2) is 6.02. The summed E-state index contributed by atoms with van der Waals surface area (Å²) in [7, 11) is 0. The highest BCUT2D eigenvalue weighted by Gasteiger charge is 2.27. The molecule has 1 aliphatic carbocycles. The average molecular weight is 264 g/mol. The number of ether oxygens (including phenoxy) is 1. The molecule has 2 N–H and O–H groups in total. The van der Waals surface area contributed by atoms with Crippen LogP contribution in [0.1, 0.15) is 31.2 Å². The molecule has 0 aromatic heterocycles. The highest BCUT2D eigenvalue weighted by atomic mass is 16.6. The van der Waals surface area contributed by atoms with E-state index >= 15 is 0 Å². The summed E-state index contributed by atoms with van der Waals surface area (Å²) >= 11 is 0. The van der Waals surface area contributed by atoms with Crippen LogP contribution in [0.4, 0.5) is 5.69 Å². The molecular formula is C14H20N2O3. The van der Waals surface area contributed by atoms with Crippen LogP contribution in [0.3, 0.4) is 0 Å². The first-order valence-corrected chi connectivity index (χ1v) is 6.74. The Morgan fingerprint density at radius 3 is 2.84 bits per heavy atom. The van der Waals surface area contributed by atoms with Crippen LogP contribution in [0.2, 0.25) is 0 Å². The lowest BCUT2D eigenvalue weighted by Crippen LogP contribution is -2.35. The van der Waals surface area contributed by atoms with Crippen molar-refractivity contribution >= 4 is 5.69 Å². The molecule has 5 nitrogen and oxygen atoms in total. The zero-order valence-corrected chi connectivity index (χ0v) is 11.2. The molecule has 2 unspecified atom stereocenters. The first kappa shape index (κ1) is 13.8. The summed E-state index contributed by atoms with van der Waals surface area (Å²) in [5.74, 6) is 0.965. The zero-order chi connectivity index (χ0) is 13.8. The van der Waals surface area contributed by atoms with Crippen LogP contribution >= 0.6 is 0 Å². The molecule has 0 bridgehead atoms. The fourth-order valence-corrected chi connectivity index (χ4v) is 2.69. The molecule has 2 rings (SSSR count). The van der Waals surface area contributed by atoms with E-state index in [-0.39, 0.29) is 16.7 Å². The maximum Gasteiger partial charge on any atom is 0.276 e. The van der Waals surface area contributed by atoms with Crippen molar-refractivity contribution in [1.29, 1.82) is 0 Å². The molecule has 0 saturated heterocycles. The van der Waals surface area contributed by atoms with Gasteiger partial charge in [-0.15, -0.1) is 0 Å². The number of hydrogen-bond donors (Lipinski definition) is 1. The van der Waals surface area contributed by atoms with Gasteiger partial charge in [-0.05, 0) is 38.8 Å². The minimum atomic E-state index is -0.372. The van der Waals surface area contributed by atoms with Crippen LogP contribution in [-0.2, 0) is 0 Å². The Bertz CT molecular complexity index is 462. The van der Waals surface area contributed by atoms with Gasteiger partial charge in [0.15, 0.2) is 0 Å². The average Bonchev–Trinajstić information content (AvgIpc) is 2.41. The van der Waals surface area contributed by atoms with Crippen LogP contribution in [-0.4, -0.2) is 17.6 Å². The first-order chi connectivity index (χ1) is 9.13. The van der Waals surface area contributed by atoms with E-state index in [1.165, 1.54) is 12.5 Å². The van der Waals surface area contributed by atoms with Gasteiger partial charge in [0.1, 0.15) is 11.9 Å². The maximum atomic E-state index is 10.9. The zero-order valence-electron chi connectivity index (χ0n) is 11.2. The van der Waals surface area contributed by atoms with E-state index in [4.69, 9.17) is 10.5 Å². The van der Waals surface area contributed by atoms with Crippen molar-refractivity contribution in [3.63, 3.8) is 0 Å². The molecule has 19 heavy (non-hydrogen) atoms. The Morgan fingerprint density at radius 1 is 1.42 bits per heavy atom. The summed E-state index contributed by atoms with van der Waals surface area (Å²) in [6.45, 7) is 2.34. The summed E-state index contributed by atoms with van der Waals surface area (Å²) in [5.41, 5.74) is 6.48. The number of hydrogen-bond acceptors (Lipinski definition) is 4. The minimum absolute atomic E-state index is 0.0828. The van der Waals surface area contributed by atoms with Gasteiger partial charge in [-0.2, -0.15) is 0 Å². The third kappa shape index (κ3) is 3.04. The highest BCUT2D eigenvalue weighted by Crippen LogP contribution is 2.32. The molecule has 2 atom stereocenters. The number of rotatable bonds is 4. The number of nitro groups is 1. The molecular weight excluding hydrogens is 244 g/mol. The molecule has 1 aromatic carbocycles. The van der Waals surface area contributed by atoms with Gasteiger partial charge in [0.25, 0.3) is 5.69 Å². The summed E-state index contributed by atoms with van der Waals surface area (Å²) in [5, 5.41) is 10.9. The van der Waals surface area contributed by atoms with Gasteiger partial charge in [0, 0.05) is 12.0 Å². The third-order valence-corrected chi connectivity index (χ3v) is 3.87. The van der Waals surface area contributed by atoms with E-state index in [1.807, 2.05) is 0 Å². The number of nitrogens with zero attached hydrogens (tertiary/aromatic N) is 1. The van der Waals surface area contributed by atoms with E-state index in [9.17, 15) is 10.1 Å². The number of benzene rings is 1. The predicted molar refractivity (Wildman–Crippen MR) is 73.3 cm³/mol. The van der Waals surface area contributed by atoms with Crippen molar-refractivity contribution < 1.29 is 9.66 Å². The van der Waals surface area contributed by atoms with E-state index in [0.717, 1.165) is 19.3 Å². The van der Waals surface area contributed by atoms with Crippen molar-refractivity contribution in [2.45, 2.75) is 38.7 Å². The quantitative estimate of drug-likeness (QED) is 0.670. The van der Waals surface area contributed by atoms with Crippen LogP contribution in [0.15, 0.2) is 18.2 Å². The maximum absolute atomic E-state index is 10.9. The highest BCUT2D eigenvalue weighted by molar-refractivity contribution is 5.48. The Morgan fingerprint density at radius 2 is 2.16 bits per heavy atom. The van der Waals surface area contributed by atoms with Gasteiger partial charge < -0.3 is 10.5 Å². The molecule has 0 amide bonds. The smallest absolute Gasteiger partial charge is 0.276 e. The summed E-state index contributed by atoms with van der Waals surface area (Å²) in [6.07, 6.45) is 4.46. The number of nitro benzene ring substituents is 1. The molecule has 0 spiro atoms. The van der Waals surface area contributed by atoms with E-state index in [2.05, 4.69) is 0 Å². The largest absolute Gasteiger partial charge is 0.490 e. The topological polar surface area (TPSA) is 78.4 Å². The summed E-state index contributed by atoms with van der Waals surface area (Å²) in [6, 6.07) is 4.97. The minimum Gasteiger partial charge on any atom is -0.490 e. The molecule has 1 aliphatic rings. The Balaban J connectivity index is 2.18. The fraction of sp³-hybridized carbons (Fsp3) is 0.571. The normalized spacial score (nSPS) is 23.1. The van der Waals surface area contributed by atoms with Gasteiger partial charge in [-0.1, -0.05) is 12.5 Å². The number of nitrogens with two attached hydrogens (primary N) is 1. The monoisotopic (exact) mass is 264 g/mol. The van der Waals surface area contributed by atoms with Crippen molar-refractivity contribution in [1.82, 2.24) is 0 Å². The fourth-order valence-electron chi connectivity index (χ4n) is 2.69. The van der Waals surface area contributed by atoms with E-state index in [0.29, 0.717) is 23.8 Å². The van der Waals surface area contributed by atoms with Gasteiger partial charge >= 0.3 is 0 Å². The first-order valence-electron chi connectivity index (χ1n) is 6.74. The molecule has 0 radical (unpaired) electrons. The lowest BCUT2D eigenvalue weighted by atomic mass is 9.86. The second-order valence-corrected chi connectivity index (χ2v) is 5.09. The molecule has 0 heterocycles. The molecule has 1 fully saturated rings. The molecule has 0 aliphatic heterocycles. The van der Waals surface area contributed by atoms with Gasteiger partial charge in [-0.25, -0.2) is 0 Å². The van der Waals surface area contributed by atoms with Crippen molar-refractivity contribution in [2.24, 2.45) is 11.7 Å². The molecule has 1 aromatic rings. The van der Waals surface area contributed by atoms with E-state index < -0.39 is 0 Å². The Labute approximate surface area is 112 Å². The van der Waals surface area contributed by atoms with Crippen LogP contribution in [0.25, 0.3) is 0 Å². The molecule has 5 heteroatoms. The van der Waals surface area contributed by atoms with Gasteiger partial charge in [0.05, 0.1) is 10.5 Å². The van der Waals surface area contributed by atoms with E-state index in [1.54, 1.807) is 19.1 Å². The SMILES string of the molecule is Cc1c(OC2CCCCC2CN)cccc1[N+](=O)[O-]. The standard InChI is InChI=1S/C14H20N2O3/c1-10-12(16(17)18)6-4-8-13(10)19-14-7-3-2-5-11(14)9-15/h4,6,8,11,14H,2-3,5,7,9,15H2,1H3. The lowest BCUT2D eigenvalue weighted by Gasteiger charge is -2.31. The van der Waals surface area contributed by atoms with Gasteiger partial charge in [0.2, 0.25) is 0 Å². The van der Waals surface area contributed by atoms with Crippen molar-refractivity contribution in [3.8, 4) is 5.75 Å². The predicted octanol–water partition coefficient (Wildman–Crippen LogP) is 2.80. The van der Waals surface area contributed by atoms with Crippen molar-refractivity contribution in [2.75, 3.05) is 6.54 Å². The van der Waals surface area contributed by atoms with Crippen LogP contribution in [0, 0.1) is 23.0 Å². The summed E-state index contributed by atoms with van der Waals surface area (Å²) < 4.78 is 6.00. The summed E-state index contributed by atoms with van der Waals surface area (Å²) in [4.78, 5) is 10.5. The van der Waals surface area contributed by atoms with Crippen molar-refractivity contribution in [3.05, 3.63) is 33.9 Å². The molecule has 104 valence electrons. The third-order valence-electron chi connectivity index (χ3n) is 3.87. The Hall–Kier alpha value is -1.62.